The Morgan fingerprint density at radius 1 is 1.50 bits per heavy atom. The largest absolute Gasteiger partial charge is 0.347 e. The van der Waals surface area contributed by atoms with Gasteiger partial charge in [0.1, 0.15) is 5.69 Å². The Morgan fingerprint density at radius 2 is 2.27 bits per heavy atom. The molecule has 1 atom stereocenters. The van der Waals surface area contributed by atoms with Gasteiger partial charge < -0.3 is 10.2 Å². The summed E-state index contributed by atoms with van der Waals surface area (Å²) in [5.74, 6) is -2.52. The number of halogens is 2. The second-order valence-corrected chi connectivity index (χ2v) is 6.58. The van der Waals surface area contributed by atoms with Crippen LogP contribution in [0.5, 0.6) is 0 Å². The minimum atomic E-state index is -2.45. The maximum absolute atomic E-state index is 12.9. The number of alkyl halides is 2. The van der Waals surface area contributed by atoms with Crippen molar-refractivity contribution in [3.8, 4) is 0 Å². The number of rotatable bonds is 4. The highest BCUT2D eigenvalue weighted by molar-refractivity contribution is 5.92. The van der Waals surface area contributed by atoms with Crippen LogP contribution < -0.4 is 5.32 Å². The van der Waals surface area contributed by atoms with Gasteiger partial charge in [-0.1, -0.05) is 0 Å². The van der Waals surface area contributed by atoms with Gasteiger partial charge in [-0.25, -0.2) is 8.78 Å². The lowest BCUT2D eigenvalue weighted by Gasteiger charge is -2.41. The van der Waals surface area contributed by atoms with E-state index in [4.69, 9.17) is 0 Å². The van der Waals surface area contributed by atoms with E-state index in [1.165, 1.54) is 0 Å². The van der Waals surface area contributed by atoms with Crippen molar-refractivity contribution >= 4 is 5.91 Å². The van der Waals surface area contributed by atoms with Crippen molar-refractivity contribution in [2.75, 3.05) is 19.6 Å². The maximum Gasteiger partial charge on any atom is 0.272 e. The van der Waals surface area contributed by atoms with Crippen LogP contribution in [0.15, 0.2) is 12.3 Å². The molecule has 2 aliphatic rings. The van der Waals surface area contributed by atoms with Crippen LogP contribution in [0.2, 0.25) is 0 Å². The Kier molecular flexibility index (Phi) is 4.16. The molecule has 1 unspecified atom stereocenters. The standard InChI is InChI=1S/C15H22F2N4O/c1-20-6-4-13(19-20)14(22)18-12-3-2-5-21(10-12)9-11-7-15(16,17)8-11/h4,6,11-12H,2-3,5,7-10H2,1H3,(H,18,22). The first-order chi connectivity index (χ1) is 10.4. The number of hydrogen-bond donors (Lipinski definition) is 1. The van der Waals surface area contributed by atoms with Crippen LogP contribution in [-0.2, 0) is 7.05 Å². The number of carbonyl (C=O) groups is 1. The van der Waals surface area contributed by atoms with E-state index in [1.807, 2.05) is 0 Å². The number of amides is 1. The van der Waals surface area contributed by atoms with E-state index < -0.39 is 5.92 Å². The van der Waals surface area contributed by atoms with Crippen molar-refractivity contribution in [2.24, 2.45) is 13.0 Å². The lowest BCUT2D eigenvalue weighted by Crippen LogP contribution is -2.51. The van der Waals surface area contributed by atoms with Gasteiger partial charge in [-0.3, -0.25) is 9.48 Å². The van der Waals surface area contributed by atoms with E-state index >= 15 is 0 Å². The molecule has 122 valence electrons. The SMILES string of the molecule is Cn1ccc(C(=O)NC2CCCN(CC3CC(F)(F)C3)C2)n1. The first-order valence-electron chi connectivity index (χ1n) is 7.82. The fourth-order valence-electron chi connectivity index (χ4n) is 3.41. The Balaban J connectivity index is 1.47. The first kappa shape index (κ1) is 15.4. The molecule has 0 radical (unpaired) electrons. The van der Waals surface area contributed by atoms with E-state index in [0.717, 1.165) is 25.9 Å². The summed E-state index contributed by atoms with van der Waals surface area (Å²) in [4.78, 5) is 14.3. The molecular weight excluding hydrogens is 290 g/mol. The minimum Gasteiger partial charge on any atom is -0.347 e. The highest BCUT2D eigenvalue weighted by Crippen LogP contribution is 2.42. The summed E-state index contributed by atoms with van der Waals surface area (Å²) in [6.45, 7) is 2.38. The average Bonchev–Trinajstić information content (AvgIpc) is 2.84. The van der Waals surface area contributed by atoms with Crippen LogP contribution in [-0.4, -0.2) is 52.2 Å². The predicted octanol–water partition coefficient (Wildman–Crippen LogP) is 1.66. The fraction of sp³-hybridized carbons (Fsp3) is 0.733. The molecule has 3 rings (SSSR count). The molecule has 0 aromatic carbocycles. The summed E-state index contributed by atoms with van der Waals surface area (Å²) in [7, 11) is 1.77. The molecule has 7 heteroatoms. The highest BCUT2D eigenvalue weighted by atomic mass is 19.3. The van der Waals surface area contributed by atoms with E-state index in [-0.39, 0.29) is 30.7 Å². The van der Waals surface area contributed by atoms with Gasteiger partial charge in [0, 0.05) is 45.2 Å². The Labute approximate surface area is 128 Å². The number of piperidine rings is 1. The number of likely N-dealkylation sites (tertiary alicyclic amines) is 1. The normalized spacial score (nSPS) is 25.7. The topological polar surface area (TPSA) is 50.2 Å². The second kappa shape index (κ2) is 5.95. The maximum atomic E-state index is 12.9. The van der Waals surface area contributed by atoms with Gasteiger partial charge in [0.25, 0.3) is 5.91 Å². The zero-order chi connectivity index (χ0) is 15.7. The number of aromatic nitrogens is 2. The summed E-state index contributed by atoms with van der Waals surface area (Å²) < 4.78 is 27.4. The summed E-state index contributed by atoms with van der Waals surface area (Å²) in [5, 5.41) is 7.09. The number of nitrogens with zero attached hydrogens (tertiary/aromatic N) is 3. The molecule has 1 saturated heterocycles. The number of hydrogen-bond acceptors (Lipinski definition) is 3. The van der Waals surface area contributed by atoms with E-state index in [0.29, 0.717) is 12.2 Å². The molecule has 1 aliphatic carbocycles. The molecular formula is C15H22F2N4O. The summed E-state index contributed by atoms with van der Waals surface area (Å²) in [6, 6.07) is 1.76. The molecule has 0 spiro atoms. The van der Waals surface area contributed by atoms with Crippen LogP contribution in [0, 0.1) is 5.92 Å². The number of aryl methyl sites for hydroxylation is 1. The molecule has 1 N–H and O–H groups in total. The van der Waals surface area contributed by atoms with Crippen molar-refractivity contribution in [1.29, 1.82) is 0 Å². The lowest BCUT2D eigenvalue weighted by atomic mass is 9.80. The summed E-state index contributed by atoms with van der Waals surface area (Å²) in [5.41, 5.74) is 0.415. The van der Waals surface area contributed by atoms with E-state index in [1.54, 1.807) is 24.0 Å². The van der Waals surface area contributed by atoms with E-state index in [9.17, 15) is 13.6 Å². The average molecular weight is 312 g/mol. The third-order valence-electron chi connectivity index (χ3n) is 4.48. The van der Waals surface area contributed by atoms with Crippen LogP contribution in [0.4, 0.5) is 8.78 Å². The zero-order valence-electron chi connectivity index (χ0n) is 12.8. The quantitative estimate of drug-likeness (QED) is 0.920. The first-order valence-corrected chi connectivity index (χ1v) is 7.82. The van der Waals surface area contributed by atoms with Crippen molar-refractivity contribution in [2.45, 2.75) is 37.6 Å². The molecule has 1 aromatic rings. The van der Waals surface area contributed by atoms with Gasteiger partial charge in [0.05, 0.1) is 0 Å². The van der Waals surface area contributed by atoms with Gasteiger partial charge in [-0.2, -0.15) is 5.10 Å². The molecule has 1 saturated carbocycles. The zero-order valence-corrected chi connectivity index (χ0v) is 12.8. The van der Waals surface area contributed by atoms with Gasteiger partial charge in [-0.15, -0.1) is 0 Å². The molecule has 22 heavy (non-hydrogen) atoms. The van der Waals surface area contributed by atoms with Crippen LogP contribution >= 0.6 is 0 Å². The third-order valence-corrected chi connectivity index (χ3v) is 4.48. The molecule has 2 heterocycles. The summed E-state index contributed by atoms with van der Waals surface area (Å²) in [6.07, 6.45) is 3.66. The smallest absolute Gasteiger partial charge is 0.272 e. The van der Waals surface area contributed by atoms with Crippen LogP contribution in [0.3, 0.4) is 0 Å². The van der Waals surface area contributed by atoms with Crippen molar-refractivity contribution in [3.63, 3.8) is 0 Å². The molecule has 1 amide bonds. The van der Waals surface area contributed by atoms with Crippen molar-refractivity contribution in [3.05, 3.63) is 18.0 Å². The number of nitrogens with one attached hydrogen (secondary N) is 1. The lowest BCUT2D eigenvalue weighted by molar-refractivity contribution is -0.117. The Hall–Kier alpha value is -1.50. The Bertz CT molecular complexity index is 537. The Morgan fingerprint density at radius 3 is 2.91 bits per heavy atom. The second-order valence-electron chi connectivity index (χ2n) is 6.58. The predicted molar refractivity (Wildman–Crippen MR) is 77.8 cm³/mol. The van der Waals surface area contributed by atoms with E-state index in [2.05, 4.69) is 15.3 Å². The molecule has 1 aliphatic heterocycles. The molecule has 2 fully saturated rings. The van der Waals surface area contributed by atoms with Crippen molar-refractivity contribution < 1.29 is 13.6 Å². The highest BCUT2D eigenvalue weighted by Gasteiger charge is 2.45. The van der Waals surface area contributed by atoms with Gasteiger partial charge in [-0.05, 0) is 31.4 Å². The van der Waals surface area contributed by atoms with Gasteiger partial charge in [0.2, 0.25) is 5.92 Å². The summed E-state index contributed by atoms with van der Waals surface area (Å²) >= 11 is 0. The molecule has 0 bridgehead atoms. The van der Waals surface area contributed by atoms with Crippen molar-refractivity contribution in [1.82, 2.24) is 20.0 Å². The third kappa shape index (κ3) is 3.63. The minimum absolute atomic E-state index is 0.00839. The molecule has 5 nitrogen and oxygen atoms in total. The van der Waals surface area contributed by atoms with Gasteiger partial charge >= 0.3 is 0 Å². The van der Waals surface area contributed by atoms with Crippen LogP contribution in [0.1, 0.15) is 36.2 Å². The monoisotopic (exact) mass is 312 g/mol. The van der Waals surface area contributed by atoms with Gasteiger partial charge in [0.15, 0.2) is 0 Å². The molecule has 1 aromatic heterocycles. The number of carbonyl (C=O) groups excluding carboxylic acids is 1. The van der Waals surface area contributed by atoms with Crippen LogP contribution in [0.25, 0.3) is 0 Å². The fourth-order valence-corrected chi connectivity index (χ4v) is 3.41.